The number of aromatic nitrogens is 1. The van der Waals surface area contributed by atoms with Gasteiger partial charge in [0.2, 0.25) is 0 Å². The normalized spacial score (nSPS) is 10.3. The van der Waals surface area contributed by atoms with Crippen molar-refractivity contribution in [3.8, 4) is 0 Å². The Kier molecular flexibility index (Phi) is 3.66. The fourth-order valence-corrected chi connectivity index (χ4v) is 1.69. The van der Waals surface area contributed by atoms with E-state index in [4.69, 9.17) is 9.63 Å². The zero-order chi connectivity index (χ0) is 13.1. The van der Waals surface area contributed by atoms with Gasteiger partial charge >= 0.3 is 5.97 Å². The third kappa shape index (κ3) is 2.89. The highest BCUT2D eigenvalue weighted by Gasteiger charge is 2.10. The summed E-state index contributed by atoms with van der Waals surface area (Å²) in [6.07, 6.45) is 0. The molecular formula is C12H11BrN2O3. The van der Waals surface area contributed by atoms with Gasteiger partial charge in [-0.3, -0.25) is 0 Å². The molecule has 0 fully saturated rings. The van der Waals surface area contributed by atoms with Crippen LogP contribution in [0.3, 0.4) is 0 Å². The molecule has 18 heavy (non-hydrogen) atoms. The summed E-state index contributed by atoms with van der Waals surface area (Å²) in [5.41, 5.74) is 1.96. The van der Waals surface area contributed by atoms with Gasteiger partial charge in [-0.2, -0.15) is 0 Å². The van der Waals surface area contributed by atoms with Gasteiger partial charge in [-0.05, 0) is 30.7 Å². The Morgan fingerprint density at radius 3 is 2.89 bits per heavy atom. The Balaban J connectivity index is 2.02. The molecule has 0 aliphatic rings. The zero-order valence-corrected chi connectivity index (χ0v) is 11.2. The van der Waals surface area contributed by atoms with Crippen molar-refractivity contribution in [2.24, 2.45) is 0 Å². The highest BCUT2D eigenvalue weighted by Crippen LogP contribution is 2.20. The first-order valence-corrected chi connectivity index (χ1v) is 6.04. The van der Waals surface area contributed by atoms with Gasteiger partial charge in [-0.1, -0.05) is 21.1 Å². The lowest BCUT2D eigenvalue weighted by atomic mass is 10.2. The van der Waals surface area contributed by atoms with Crippen LogP contribution in [-0.2, 0) is 6.54 Å². The van der Waals surface area contributed by atoms with E-state index in [2.05, 4.69) is 26.4 Å². The molecule has 0 radical (unpaired) electrons. The van der Waals surface area contributed by atoms with Crippen LogP contribution < -0.4 is 5.32 Å². The van der Waals surface area contributed by atoms with Crippen LogP contribution in [0.4, 0.5) is 5.69 Å². The molecule has 0 aliphatic carbocycles. The number of benzene rings is 1. The highest BCUT2D eigenvalue weighted by molar-refractivity contribution is 9.10. The van der Waals surface area contributed by atoms with Crippen molar-refractivity contribution in [3.05, 3.63) is 45.8 Å². The number of nitrogens with zero attached hydrogens (tertiary/aromatic N) is 1. The van der Waals surface area contributed by atoms with E-state index in [9.17, 15) is 4.79 Å². The molecule has 6 heteroatoms. The predicted octanol–water partition coefficient (Wildman–Crippen LogP) is 3.06. The van der Waals surface area contributed by atoms with Gasteiger partial charge in [-0.25, -0.2) is 4.79 Å². The third-order valence-electron chi connectivity index (χ3n) is 2.40. The number of hydrogen-bond acceptors (Lipinski definition) is 4. The van der Waals surface area contributed by atoms with Gasteiger partial charge < -0.3 is 14.9 Å². The molecule has 2 rings (SSSR count). The van der Waals surface area contributed by atoms with Gasteiger partial charge in [-0.15, -0.1) is 0 Å². The number of aryl methyl sites for hydroxylation is 1. The fraction of sp³-hybridized carbons (Fsp3) is 0.167. The van der Waals surface area contributed by atoms with Crippen molar-refractivity contribution >= 4 is 27.6 Å². The first-order valence-electron chi connectivity index (χ1n) is 5.25. The smallest absolute Gasteiger partial charge is 0.358 e. The maximum Gasteiger partial charge on any atom is 0.358 e. The summed E-state index contributed by atoms with van der Waals surface area (Å²) >= 11 is 3.42. The summed E-state index contributed by atoms with van der Waals surface area (Å²) in [5.74, 6) is -0.613. The van der Waals surface area contributed by atoms with Gasteiger partial charge in [0.1, 0.15) is 0 Å². The monoisotopic (exact) mass is 310 g/mol. The third-order valence-corrected chi connectivity index (χ3v) is 3.29. The maximum atomic E-state index is 10.6. The van der Waals surface area contributed by atoms with Crippen LogP contribution in [0.2, 0.25) is 0 Å². The average molecular weight is 311 g/mol. The molecule has 1 heterocycles. The number of anilines is 1. The van der Waals surface area contributed by atoms with Crippen LogP contribution in [-0.4, -0.2) is 16.2 Å². The van der Waals surface area contributed by atoms with Gasteiger partial charge in [0.15, 0.2) is 11.5 Å². The molecule has 1 aromatic heterocycles. The second-order valence-corrected chi connectivity index (χ2v) is 4.66. The first kappa shape index (κ1) is 12.6. The Bertz CT molecular complexity index is 580. The summed E-state index contributed by atoms with van der Waals surface area (Å²) in [7, 11) is 0. The molecule has 0 aliphatic heterocycles. The van der Waals surface area contributed by atoms with Crippen LogP contribution in [0.1, 0.15) is 21.8 Å². The minimum Gasteiger partial charge on any atom is -0.476 e. The fourth-order valence-electron chi connectivity index (χ4n) is 1.44. The van der Waals surface area contributed by atoms with E-state index in [0.29, 0.717) is 12.3 Å². The highest BCUT2D eigenvalue weighted by atomic mass is 79.9. The van der Waals surface area contributed by atoms with Crippen LogP contribution in [0.15, 0.2) is 33.3 Å². The van der Waals surface area contributed by atoms with Crippen LogP contribution in [0.5, 0.6) is 0 Å². The van der Waals surface area contributed by atoms with E-state index >= 15 is 0 Å². The quantitative estimate of drug-likeness (QED) is 0.907. The number of aromatic carboxylic acids is 1. The summed E-state index contributed by atoms with van der Waals surface area (Å²) in [6.45, 7) is 2.38. The van der Waals surface area contributed by atoms with Crippen LogP contribution in [0.25, 0.3) is 0 Å². The van der Waals surface area contributed by atoms with E-state index in [1.807, 2.05) is 25.1 Å². The molecule has 0 amide bonds. The Hall–Kier alpha value is -1.82. The molecule has 5 nitrogen and oxygen atoms in total. The standard InChI is InChI=1S/C12H11BrN2O3/c1-7-4-8(2-3-10(7)13)14-6-9-5-11(12(16)17)15-18-9/h2-5,14H,6H2,1H3,(H,16,17). The number of carbonyl (C=O) groups is 1. The molecule has 0 spiro atoms. The van der Waals surface area contributed by atoms with Gasteiger partial charge in [0.25, 0.3) is 0 Å². The molecule has 1 aromatic carbocycles. The number of hydrogen-bond donors (Lipinski definition) is 2. The summed E-state index contributed by atoms with van der Waals surface area (Å²) in [4.78, 5) is 10.6. The van der Waals surface area contributed by atoms with Crippen molar-refractivity contribution in [2.75, 3.05) is 5.32 Å². The molecule has 2 N–H and O–H groups in total. The molecule has 2 aromatic rings. The van der Waals surface area contributed by atoms with Crippen molar-refractivity contribution in [2.45, 2.75) is 13.5 Å². The minimum atomic E-state index is -1.09. The minimum absolute atomic E-state index is 0.0845. The largest absolute Gasteiger partial charge is 0.476 e. The van der Waals surface area contributed by atoms with Crippen molar-refractivity contribution < 1.29 is 14.4 Å². The number of halogens is 1. The van der Waals surface area contributed by atoms with E-state index < -0.39 is 5.97 Å². The molecule has 0 atom stereocenters. The molecule has 0 saturated heterocycles. The molecule has 0 bridgehead atoms. The lowest BCUT2D eigenvalue weighted by molar-refractivity contribution is 0.0685. The number of nitrogens with one attached hydrogen (secondary N) is 1. The molecule has 94 valence electrons. The van der Waals surface area contributed by atoms with Crippen molar-refractivity contribution in [1.29, 1.82) is 0 Å². The number of carboxylic acid groups (broad SMARTS) is 1. The Morgan fingerprint density at radius 2 is 2.28 bits per heavy atom. The van der Waals surface area contributed by atoms with E-state index in [1.54, 1.807) is 0 Å². The van der Waals surface area contributed by atoms with Gasteiger partial charge in [0, 0.05) is 16.2 Å². The maximum absolute atomic E-state index is 10.6. The lowest BCUT2D eigenvalue weighted by Gasteiger charge is -2.05. The zero-order valence-electron chi connectivity index (χ0n) is 9.61. The van der Waals surface area contributed by atoms with Crippen molar-refractivity contribution in [1.82, 2.24) is 5.16 Å². The van der Waals surface area contributed by atoms with Gasteiger partial charge in [0.05, 0.1) is 6.54 Å². The van der Waals surface area contributed by atoms with E-state index in [1.165, 1.54) is 6.07 Å². The second kappa shape index (κ2) is 5.22. The predicted molar refractivity (Wildman–Crippen MR) is 69.7 cm³/mol. The van der Waals surface area contributed by atoms with Crippen LogP contribution in [0, 0.1) is 6.92 Å². The first-order chi connectivity index (χ1) is 8.56. The SMILES string of the molecule is Cc1cc(NCc2cc(C(=O)O)no2)ccc1Br. The molecular weight excluding hydrogens is 300 g/mol. The van der Waals surface area contributed by atoms with E-state index in [0.717, 1.165) is 15.7 Å². The number of rotatable bonds is 4. The Labute approximate surface area is 112 Å². The topological polar surface area (TPSA) is 75.4 Å². The average Bonchev–Trinajstić information content (AvgIpc) is 2.79. The lowest BCUT2D eigenvalue weighted by Crippen LogP contribution is -1.99. The molecule has 0 saturated carbocycles. The van der Waals surface area contributed by atoms with E-state index in [-0.39, 0.29) is 5.69 Å². The summed E-state index contributed by atoms with van der Waals surface area (Å²) in [6, 6.07) is 7.26. The summed E-state index contributed by atoms with van der Waals surface area (Å²) < 4.78 is 5.94. The number of carboxylic acids is 1. The Morgan fingerprint density at radius 1 is 1.50 bits per heavy atom. The van der Waals surface area contributed by atoms with Crippen molar-refractivity contribution in [3.63, 3.8) is 0 Å². The van der Waals surface area contributed by atoms with Crippen LogP contribution >= 0.6 is 15.9 Å². The summed E-state index contributed by atoms with van der Waals surface area (Å²) in [5, 5.41) is 15.3. The second-order valence-electron chi connectivity index (χ2n) is 3.80. The molecule has 0 unspecified atom stereocenters.